The van der Waals surface area contributed by atoms with Gasteiger partial charge >= 0.3 is 11.9 Å². The molecule has 140 valence electrons. The van der Waals surface area contributed by atoms with Crippen LogP contribution in [0.5, 0.6) is 0 Å². The molecular weight excluding hydrogens is 304 g/mol. The van der Waals surface area contributed by atoms with Gasteiger partial charge in [-0.1, -0.05) is 78.1 Å². The lowest BCUT2D eigenvalue weighted by molar-refractivity contribution is -0.136. The minimum Gasteiger partial charge on any atom is -0.478 e. The minimum absolute atomic E-state index is 0.117. The topological polar surface area (TPSA) is 74.6 Å². The zero-order valence-electron chi connectivity index (χ0n) is 15.6. The second-order valence-corrected chi connectivity index (χ2v) is 6.60. The van der Waals surface area contributed by atoms with Gasteiger partial charge in [0.25, 0.3) is 0 Å². The van der Waals surface area contributed by atoms with Crippen LogP contribution in [-0.2, 0) is 9.59 Å². The van der Waals surface area contributed by atoms with Crippen molar-refractivity contribution in [2.45, 2.75) is 104 Å². The molecule has 0 saturated carbocycles. The van der Waals surface area contributed by atoms with E-state index in [-0.39, 0.29) is 11.1 Å². The average Bonchev–Trinajstić information content (AvgIpc) is 2.54. The lowest BCUT2D eigenvalue weighted by atomic mass is 9.96. The molecule has 0 aromatic carbocycles. The summed E-state index contributed by atoms with van der Waals surface area (Å²) in [5, 5.41) is 18.8. The standard InChI is InChI=1S/C20H36O4/c1-3-5-7-9-11-13-15-17(19(21)22)18(20(23)24)16-14-12-10-8-6-4-2/h3-16H2,1-2H3,(H,21,22)(H,23,24)/b18-17-. The van der Waals surface area contributed by atoms with Gasteiger partial charge in [-0.3, -0.25) is 0 Å². The first kappa shape index (κ1) is 22.7. The Morgan fingerprint density at radius 1 is 0.542 bits per heavy atom. The van der Waals surface area contributed by atoms with Crippen molar-refractivity contribution in [3.05, 3.63) is 11.1 Å². The molecule has 0 atom stereocenters. The van der Waals surface area contributed by atoms with Crippen LogP contribution in [-0.4, -0.2) is 22.2 Å². The molecule has 4 nitrogen and oxygen atoms in total. The van der Waals surface area contributed by atoms with Crippen molar-refractivity contribution in [2.24, 2.45) is 0 Å². The summed E-state index contributed by atoms with van der Waals surface area (Å²) in [4.78, 5) is 22.9. The van der Waals surface area contributed by atoms with Crippen molar-refractivity contribution in [3.8, 4) is 0 Å². The summed E-state index contributed by atoms with van der Waals surface area (Å²) in [5.74, 6) is -2.13. The zero-order valence-corrected chi connectivity index (χ0v) is 15.6. The van der Waals surface area contributed by atoms with Gasteiger partial charge < -0.3 is 10.2 Å². The Bertz CT molecular complexity index is 349. The van der Waals surface area contributed by atoms with Gasteiger partial charge in [-0.25, -0.2) is 9.59 Å². The van der Waals surface area contributed by atoms with E-state index in [0.717, 1.165) is 38.5 Å². The number of unbranched alkanes of at least 4 members (excludes halogenated alkanes) is 10. The van der Waals surface area contributed by atoms with Crippen LogP contribution < -0.4 is 0 Å². The molecule has 0 unspecified atom stereocenters. The van der Waals surface area contributed by atoms with Crippen LogP contribution in [0.4, 0.5) is 0 Å². The predicted octanol–water partition coefficient (Wildman–Crippen LogP) is 5.95. The van der Waals surface area contributed by atoms with E-state index in [0.29, 0.717) is 12.8 Å². The molecule has 0 bridgehead atoms. The zero-order chi connectivity index (χ0) is 18.2. The van der Waals surface area contributed by atoms with E-state index in [1.165, 1.54) is 38.5 Å². The second kappa shape index (κ2) is 15.2. The molecule has 0 rings (SSSR count). The highest BCUT2D eigenvalue weighted by Crippen LogP contribution is 2.21. The monoisotopic (exact) mass is 340 g/mol. The molecule has 24 heavy (non-hydrogen) atoms. The SMILES string of the molecule is CCCCCCCC/C(C(=O)O)=C(\CCCCCCCC)C(=O)O. The Balaban J connectivity index is 4.44. The number of hydrogen-bond donors (Lipinski definition) is 2. The normalized spacial score (nSPS) is 12.1. The van der Waals surface area contributed by atoms with Gasteiger partial charge in [0, 0.05) is 11.1 Å². The van der Waals surface area contributed by atoms with Crippen molar-refractivity contribution in [1.29, 1.82) is 0 Å². The summed E-state index contributed by atoms with van der Waals surface area (Å²) in [5.41, 5.74) is 0.234. The molecule has 0 heterocycles. The molecule has 0 saturated heterocycles. The smallest absolute Gasteiger partial charge is 0.332 e. The van der Waals surface area contributed by atoms with Crippen LogP contribution in [0.1, 0.15) is 104 Å². The Hall–Kier alpha value is -1.32. The van der Waals surface area contributed by atoms with E-state index in [2.05, 4.69) is 13.8 Å². The molecule has 0 fully saturated rings. The van der Waals surface area contributed by atoms with Gasteiger partial charge in [-0.05, 0) is 25.7 Å². The van der Waals surface area contributed by atoms with E-state index in [9.17, 15) is 19.8 Å². The molecule has 0 spiro atoms. The van der Waals surface area contributed by atoms with Crippen LogP contribution >= 0.6 is 0 Å². The van der Waals surface area contributed by atoms with Gasteiger partial charge in [0.1, 0.15) is 0 Å². The highest BCUT2D eigenvalue weighted by Gasteiger charge is 2.19. The number of carboxylic acid groups (broad SMARTS) is 2. The third-order valence-electron chi connectivity index (χ3n) is 4.44. The molecule has 0 aliphatic carbocycles. The van der Waals surface area contributed by atoms with Crippen molar-refractivity contribution in [2.75, 3.05) is 0 Å². The number of rotatable bonds is 16. The van der Waals surface area contributed by atoms with E-state index in [1.54, 1.807) is 0 Å². The molecule has 0 amide bonds. The lowest BCUT2D eigenvalue weighted by Gasteiger charge is -2.09. The maximum absolute atomic E-state index is 11.5. The van der Waals surface area contributed by atoms with Crippen LogP contribution in [0.25, 0.3) is 0 Å². The molecule has 0 aromatic rings. The first-order valence-electron chi connectivity index (χ1n) is 9.73. The first-order valence-corrected chi connectivity index (χ1v) is 9.73. The average molecular weight is 341 g/mol. The quantitative estimate of drug-likeness (QED) is 0.269. The summed E-state index contributed by atoms with van der Waals surface area (Å²) in [6.07, 6.45) is 13.5. The van der Waals surface area contributed by atoms with Crippen molar-refractivity contribution in [3.63, 3.8) is 0 Å². The van der Waals surface area contributed by atoms with Gasteiger partial charge in [0.05, 0.1) is 0 Å². The Morgan fingerprint density at radius 2 is 0.833 bits per heavy atom. The van der Waals surface area contributed by atoms with E-state index >= 15 is 0 Å². The van der Waals surface area contributed by atoms with Crippen molar-refractivity contribution in [1.82, 2.24) is 0 Å². The number of aliphatic carboxylic acids is 2. The Morgan fingerprint density at radius 3 is 1.12 bits per heavy atom. The molecule has 2 N–H and O–H groups in total. The molecular formula is C20H36O4. The first-order chi connectivity index (χ1) is 11.5. The summed E-state index contributed by atoms with van der Waals surface area (Å²) < 4.78 is 0. The summed E-state index contributed by atoms with van der Waals surface area (Å²) in [6.45, 7) is 4.32. The van der Waals surface area contributed by atoms with Crippen molar-refractivity contribution >= 4 is 11.9 Å². The van der Waals surface area contributed by atoms with Gasteiger partial charge in [-0.2, -0.15) is 0 Å². The van der Waals surface area contributed by atoms with Gasteiger partial charge in [-0.15, -0.1) is 0 Å². The highest BCUT2D eigenvalue weighted by atomic mass is 16.4. The van der Waals surface area contributed by atoms with E-state index < -0.39 is 11.9 Å². The molecule has 0 aromatic heterocycles. The number of hydrogen-bond acceptors (Lipinski definition) is 2. The third kappa shape index (κ3) is 11.3. The summed E-state index contributed by atoms with van der Waals surface area (Å²) in [6, 6.07) is 0. The molecule has 0 aliphatic heterocycles. The highest BCUT2D eigenvalue weighted by molar-refractivity contribution is 5.98. The molecule has 0 aliphatic rings. The number of carbonyl (C=O) groups is 2. The van der Waals surface area contributed by atoms with E-state index in [4.69, 9.17) is 0 Å². The lowest BCUT2D eigenvalue weighted by Crippen LogP contribution is -2.12. The van der Waals surface area contributed by atoms with Crippen molar-refractivity contribution < 1.29 is 19.8 Å². The maximum atomic E-state index is 11.5. The van der Waals surface area contributed by atoms with Gasteiger partial charge in [0.2, 0.25) is 0 Å². The minimum atomic E-state index is -1.06. The van der Waals surface area contributed by atoms with Crippen LogP contribution in [0.2, 0.25) is 0 Å². The van der Waals surface area contributed by atoms with Crippen LogP contribution in [0.15, 0.2) is 11.1 Å². The molecule has 0 radical (unpaired) electrons. The largest absolute Gasteiger partial charge is 0.478 e. The predicted molar refractivity (Wildman–Crippen MR) is 98.3 cm³/mol. The number of carboxylic acids is 2. The van der Waals surface area contributed by atoms with Gasteiger partial charge in [0.15, 0.2) is 0 Å². The summed E-state index contributed by atoms with van der Waals surface area (Å²) >= 11 is 0. The fraction of sp³-hybridized carbons (Fsp3) is 0.800. The Labute approximate surface area is 147 Å². The maximum Gasteiger partial charge on any atom is 0.332 e. The second-order valence-electron chi connectivity index (χ2n) is 6.60. The summed E-state index contributed by atoms with van der Waals surface area (Å²) in [7, 11) is 0. The fourth-order valence-electron chi connectivity index (χ4n) is 2.94. The van der Waals surface area contributed by atoms with Crippen LogP contribution in [0.3, 0.4) is 0 Å². The fourth-order valence-corrected chi connectivity index (χ4v) is 2.94. The third-order valence-corrected chi connectivity index (χ3v) is 4.44. The van der Waals surface area contributed by atoms with Crippen LogP contribution in [0, 0.1) is 0 Å². The Kier molecular flexibility index (Phi) is 14.4. The molecule has 4 heteroatoms. The van der Waals surface area contributed by atoms with E-state index in [1.807, 2.05) is 0 Å².